The van der Waals surface area contributed by atoms with E-state index in [1.54, 1.807) is 0 Å². The molecule has 0 aromatic heterocycles. The molecule has 1 aromatic rings. The van der Waals surface area contributed by atoms with Crippen LogP contribution in [0.4, 0.5) is 5.69 Å². The maximum atomic E-state index is 2.78. The van der Waals surface area contributed by atoms with Crippen LogP contribution in [0.15, 0.2) is 24.3 Å². The molecule has 1 aliphatic heterocycles. The van der Waals surface area contributed by atoms with E-state index in [0.717, 1.165) is 31.6 Å². The van der Waals surface area contributed by atoms with Crippen LogP contribution >= 0.6 is 0 Å². The molecular formula is C20H32N2. The van der Waals surface area contributed by atoms with Crippen molar-refractivity contribution < 1.29 is 0 Å². The van der Waals surface area contributed by atoms with Crippen LogP contribution in [-0.4, -0.2) is 30.6 Å². The summed E-state index contributed by atoms with van der Waals surface area (Å²) in [5.41, 5.74) is 2.85. The molecule has 22 heavy (non-hydrogen) atoms. The first kappa shape index (κ1) is 15.9. The van der Waals surface area contributed by atoms with Gasteiger partial charge < -0.3 is 4.90 Å². The van der Waals surface area contributed by atoms with Gasteiger partial charge in [-0.05, 0) is 69.7 Å². The number of hydrogen-bond donors (Lipinski definition) is 0. The molecule has 0 radical (unpaired) electrons. The molecule has 0 bridgehead atoms. The summed E-state index contributed by atoms with van der Waals surface area (Å²) in [4.78, 5) is 5.20. The van der Waals surface area contributed by atoms with Gasteiger partial charge in [-0.2, -0.15) is 0 Å². The van der Waals surface area contributed by atoms with Gasteiger partial charge in [0.15, 0.2) is 0 Å². The van der Waals surface area contributed by atoms with Crippen molar-refractivity contribution in [2.24, 2.45) is 5.92 Å². The van der Waals surface area contributed by atoms with Crippen molar-refractivity contribution in [2.45, 2.75) is 65.0 Å². The molecule has 2 fully saturated rings. The Hall–Kier alpha value is -1.02. The number of fused-ring (bicyclic) bond motifs is 1. The van der Waals surface area contributed by atoms with Crippen LogP contribution in [-0.2, 0) is 6.54 Å². The zero-order valence-corrected chi connectivity index (χ0v) is 14.4. The van der Waals surface area contributed by atoms with Gasteiger partial charge in [0.2, 0.25) is 0 Å². The van der Waals surface area contributed by atoms with Crippen LogP contribution in [0.2, 0.25) is 0 Å². The zero-order valence-electron chi connectivity index (χ0n) is 14.4. The molecular weight excluding hydrogens is 268 g/mol. The largest absolute Gasteiger partial charge is 0.372 e. The molecule has 3 rings (SSSR count). The topological polar surface area (TPSA) is 6.48 Å². The van der Waals surface area contributed by atoms with E-state index in [-0.39, 0.29) is 0 Å². The molecule has 0 N–H and O–H groups in total. The maximum absolute atomic E-state index is 2.78. The standard InChI is InChI=1S/C20H32N2/c1-3-21(4-2)19-13-11-17(12-14-19)16-22-15-7-9-18-8-5-6-10-20(18)22/h11-14,18,20H,3-10,15-16H2,1-2H3. The normalized spacial score (nSPS) is 25.7. The van der Waals surface area contributed by atoms with E-state index in [1.807, 2.05) is 0 Å². The van der Waals surface area contributed by atoms with Crippen LogP contribution in [0.25, 0.3) is 0 Å². The van der Waals surface area contributed by atoms with Gasteiger partial charge in [0.05, 0.1) is 0 Å². The summed E-state index contributed by atoms with van der Waals surface area (Å²) in [5.74, 6) is 0.984. The van der Waals surface area contributed by atoms with E-state index in [4.69, 9.17) is 0 Å². The van der Waals surface area contributed by atoms with Crippen molar-refractivity contribution in [3.05, 3.63) is 29.8 Å². The number of nitrogens with zero attached hydrogens (tertiary/aromatic N) is 2. The van der Waals surface area contributed by atoms with Crippen molar-refractivity contribution in [3.8, 4) is 0 Å². The zero-order chi connectivity index (χ0) is 15.4. The second-order valence-corrected chi connectivity index (χ2v) is 7.06. The second-order valence-electron chi connectivity index (χ2n) is 7.06. The molecule has 2 unspecified atom stereocenters. The lowest BCUT2D eigenvalue weighted by molar-refractivity contribution is 0.0547. The highest BCUT2D eigenvalue weighted by Gasteiger charge is 2.32. The van der Waals surface area contributed by atoms with Gasteiger partial charge >= 0.3 is 0 Å². The van der Waals surface area contributed by atoms with E-state index in [1.165, 1.54) is 56.3 Å². The summed E-state index contributed by atoms with van der Waals surface area (Å²) in [5, 5.41) is 0. The third-order valence-corrected chi connectivity index (χ3v) is 5.81. The van der Waals surface area contributed by atoms with Crippen LogP contribution in [0.1, 0.15) is 57.9 Å². The minimum absolute atomic E-state index is 0.866. The second kappa shape index (κ2) is 7.50. The van der Waals surface area contributed by atoms with Crippen LogP contribution in [0.5, 0.6) is 0 Å². The molecule has 122 valence electrons. The first-order chi connectivity index (χ1) is 10.8. The summed E-state index contributed by atoms with van der Waals surface area (Å²) in [6.45, 7) is 9.10. The highest BCUT2D eigenvalue weighted by atomic mass is 15.2. The fourth-order valence-electron chi connectivity index (χ4n) is 4.56. The summed E-state index contributed by atoms with van der Waals surface area (Å²) in [6, 6.07) is 10.2. The Balaban J connectivity index is 1.64. The number of likely N-dealkylation sites (tertiary alicyclic amines) is 1. The average molecular weight is 300 g/mol. The minimum Gasteiger partial charge on any atom is -0.372 e. The summed E-state index contributed by atoms with van der Waals surface area (Å²) in [6.07, 6.45) is 8.69. The van der Waals surface area contributed by atoms with Gasteiger partial charge in [-0.25, -0.2) is 0 Å². The predicted octanol–water partition coefficient (Wildman–Crippen LogP) is 4.69. The lowest BCUT2D eigenvalue weighted by Gasteiger charge is -2.44. The Bertz CT molecular complexity index is 447. The highest BCUT2D eigenvalue weighted by Crippen LogP contribution is 2.36. The number of hydrogen-bond acceptors (Lipinski definition) is 2. The number of rotatable bonds is 5. The van der Waals surface area contributed by atoms with Crippen molar-refractivity contribution in [2.75, 3.05) is 24.5 Å². The third kappa shape index (κ3) is 3.48. The van der Waals surface area contributed by atoms with E-state index in [0.29, 0.717) is 0 Å². The van der Waals surface area contributed by atoms with Crippen LogP contribution in [0.3, 0.4) is 0 Å². The quantitative estimate of drug-likeness (QED) is 0.778. The lowest BCUT2D eigenvalue weighted by atomic mass is 9.78. The van der Waals surface area contributed by atoms with Gasteiger partial charge in [-0.15, -0.1) is 0 Å². The number of anilines is 1. The minimum atomic E-state index is 0.866. The summed E-state index contributed by atoms with van der Waals surface area (Å²) in [7, 11) is 0. The molecule has 2 aliphatic rings. The monoisotopic (exact) mass is 300 g/mol. The first-order valence-electron chi connectivity index (χ1n) is 9.39. The van der Waals surface area contributed by atoms with Crippen molar-refractivity contribution in [1.82, 2.24) is 4.90 Å². The van der Waals surface area contributed by atoms with Gasteiger partial charge in [0.25, 0.3) is 0 Å². The molecule has 2 atom stereocenters. The van der Waals surface area contributed by atoms with E-state index in [2.05, 4.69) is 47.9 Å². The highest BCUT2D eigenvalue weighted by molar-refractivity contribution is 5.47. The summed E-state index contributed by atoms with van der Waals surface area (Å²) >= 11 is 0. The smallest absolute Gasteiger partial charge is 0.0366 e. The molecule has 1 aromatic carbocycles. The van der Waals surface area contributed by atoms with Gasteiger partial charge in [0, 0.05) is 31.4 Å². The lowest BCUT2D eigenvalue weighted by Crippen LogP contribution is -2.46. The van der Waals surface area contributed by atoms with E-state index < -0.39 is 0 Å². The number of benzene rings is 1. The molecule has 2 nitrogen and oxygen atoms in total. The fourth-order valence-corrected chi connectivity index (χ4v) is 4.56. The molecule has 1 saturated heterocycles. The molecule has 0 spiro atoms. The van der Waals surface area contributed by atoms with Gasteiger partial charge in [-0.3, -0.25) is 4.90 Å². The van der Waals surface area contributed by atoms with Crippen molar-refractivity contribution >= 4 is 5.69 Å². The van der Waals surface area contributed by atoms with Crippen molar-refractivity contribution in [1.29, 1.82) is 0 Å². The van der Waals surface area contributed by atoms with Crippen molar-refractivity contribution in [3.63, 3.8) is 0 Å². The van der Waals surface area contributed by atoms with Crippen LogP contribution in [0, 0.1) is 5.92 Å². The molecule has 1 aliphatic carbocycles. The Morgan fingerprint density at radius 3 is 2.36 bits per heavy atom. The third-order valence-electron chi connectivity index (χ3n) is 5.81. The SMILES string of the molecule is CCN(CC)c1ccc(CN2CCCC3CCCCC32)cc1. The van der Waals surface area contributed by atoms with E-state index in [9.17, 15) is 0 Å². The Labute approximate surface area is 136 Å². The predicted molar refractivity (Wildman–Crippen MR) is 95.4 cm³/mol. The fraction of sp³-hybridized carbons (Fsp3) is 0.700. The molecule has 0 amide bonds. The first-order valence-corrected chi connectivity index (χ1v) is 9.39. The Morgan fingerprint density at radius 2 is 1.64 bits per heavy atom. The Kier molecular flexibility index (Phi) is 5.41. The molecule has 1 heterocycles. The summed E-state index contributed by atoms with van der Waals surface area (Å²) < 4.78 is 0. The van der Waals surface area contributed by atoms with Gasteiger partial charge in [0.1, 0.15) is 0 Å². The van der Waals surface area contributed by atoms with Gasteiger partial charge in [-0.1, -0.05) is 25.0 Å². The van der Waals surface area contributed by atoms with E-state index >= 15 is 0 Å². The molecule has 2 heteroatoms. The average Bonchev–Trinajstić information content (AvgIpc) is 2.58. The molecule has 1 saturated carbocycles. The van der Waals surface area contributed by atoms with Crippen LogP contribution < -0.4 is 4.90 Å². The number of piperidine rings is 1. The maximum Gasteiger partial charge on any atom is 0.0366 e. The Morgan fingerprint density at radius 1 is 0.955 bits per heavy atom.